The van der Waals surface area contributed by atoms with Crippen LogP contribution < -0.4 is 22.3 Å². The number of anilines is 3. The lowest BCUT2D eigenvalue weighted by Crippen LogP contribution is -2.28. The van der Waals surface area contributed by atoms with Crippen molar-refractivity contribution in [3.63, 3.8) is 0 Å². The highest BCUT2D eigenvalue weighted by Crippen LogP contribution is 2.25. The molecule has 0 saturated carbocycles. The van der Waals surface area contributed by atoms with E-state index in [0.29, 0.717) is 5.69 Å². The third kappa shape index (κ3) is 3.49. The number of hydrogen-bond donors (Lipinski definition) is 3. The average Bonchev–Trinajstić information content (AvgIpc) is 2.74. The Morgan fingerprint density at radius 1 is 1.10 bits per heavy atom. The molecule has 2 heterocycles. The third-order valence-electron chi connectivity index (χ3n) is 4.69. The smallest absolute Gasteiger partial charge is 0.269 e. The van der Waals surface area contributed by atoms with Gasteiger partial charge in [-0.15, -0.1) is 0 Å². The first-order valence-electron chi connectivity index (χ1n) is 9.27. The number of benzene rings is 2. The van der Waals surface area contributed by atoms with E-state index in [2.05, 4.69) is 20.3 Å². The van der Waals surface area contributed by atoms with Gasteiger partial charge in [-0.3, -0.25) is 9.36 Å². The number of rotatable bonds is 4. The number of nitrogens with zero attached hydrogens (tertiary/aromatic N) is 5. The molecule has 1 unspecified atom stereocenters. The Hall–Kier alpha value is -4.52. The molecule has 0 aliphatic heterocycles. The molecule has 0 aliphatic rings. The van der Waals surface area contributed by atoms with Crippen molar-refractivity contribution < 1.29 is 4.39 Å². The monoisotopic (exact) mass is 416 g/mol. The van der Waals surface area contributed by atoms with Crippen molar-refractivity contribution in [1.29, 1.82) is 5.26 Å². The predicted octanol–water partition coefficient (Wildman–Crippen LogP) is 2.52. The van der Waals surface area contributed by atoms with Crippen molar-refractivity contribution in [1.82, 2.24) is 19.5 Å². The lowest BCUT2D eigenvalue weighted by atomic mass is 10.2. The first-order valence-corrected chi connectivity index (χ1v) is 9.27. The molecule has 10 heteroatoms. The molecule has 5 N–H and O–H groups in total. The standard InChI is InChI=1S/C21H17FN8O/c1-11(26-18-13(10-23)17(24)28-21(25)29-18)19-27-15-9-5-8-14(22)16(15)20(31)30(19)12-6-3-2-4-7-12/h2-9,11H,1H3,(H5,24,25,26,28,29). The zero-order valence-electron chi connectivity index (χ0n) is 16.4. The van der Waals surface area contributed by atoms with Gasteiger partial charge in [-0.2, -0.15) is 15.2 Å². The lowest BCUT2D eigenvalue weighted by molar-refractivity contribution is 0.635. The maximum Gasteiger partial charge on any atom is 0.269 e. The van der Waals surface area contributed by atoms with E-state index >= 15 is 0 Å². The van der Waals surface area contributed by atoms with Crippen LogP contribution in [0.2, 0.25) is 0 Å². The molecule has 4 aromatic rings. The van der Waals surface area contributed by atoms with Crippen LogP contribution in [0.25, 0.3) is 16.6 Å². The van der Waals surface area contributed by atoms with E-state index in [1.54, 1.807) is 43.3 Å². The molecular weight excluding hydrogens is 399 g/mol. The highest BCUT2D eigenvalue weighted by Gasteiger charge is 2.22. The summed E-state index contributed by atoms with van der Waals surface area (Å²) in [5.74, 6) is -0.448. The van der Waals surface area contributed by atoms with Gasteiger partial charge >= 0.3 is 0 Å². The zero-order chi connectivity index (χ0) is 22.1. The Morgan fingerprint density at radius 2 is 1.84 bits per heavy atom. The Labute approximate surface area is 175 Å². The molecule has 1 atom stereocenters. The molecule has 2 aromatic heterocycles. The SMILES string of the molecule is CC(Nc1nc(N)nc(N)c1C#N)c1nc2cccc(F)c2c(=O)n1-c1ccccc1. The number of halogens is 1. The number of nitrogens with one attached hydrogen (secondary N) is 1. The molecule has 0 aliphatic carbocycles. The van der Waals surface area contributed by atoms with Crippen molar-refractivity contribution >= 4 is 28.5 Å². The van der Waals surface area contributed by atoms with Gasteiger partial charge in [0.05, 0.1) is 17.2 Å². The van der Waals surface area contributed by atoms with Crippen LogP contribution in [0.15, 0.2) is 53.3 Å². The molecule has 2 aromatic carbocycles. The highest BCUT2D eigenvalue weighted by atomic mass is 19.1. The molecule has 0 spiro atoms. The normalized spacial score (nSPS) is 11.8. The highest BCUT2D eigenvalue weighted by molar-refractivity contribution is 5.78. The molecule has 0 bridgehead atoms. The average molecular weight is 416 g/mol. The quantitative estimate of drug-likeness (QED) is 0.459. The summed E-state index contributed by atoms with van der Waals surface area (Å²) in [4.78, 5) is 25.7. The molecule has 0 saturated heterocycles. The second kappa shape index (κ2) is 7.72. The Kier molecular flexibility index (Phi) is 4.92. The summed E-state index contributed by atoms with van der Waals surface area (Å²) < 4.78 is 15.8. The van der Waals surface area contributed by atoms with Gasteiger partial charge in [0.1, 0.15) is 34.5 Å². The van der Waals surface area contributed by atoms with Crippen LogP contribution in [-0.2, 0) is 0 Å². The first kappa shape index (κ1) is 19.8. The number of aromatic nitrogens is 4. The molecule has 31 heavy (non-hydrogen) atoms. The molecule has 154 valence electrons. The summed E-state index contributed by atoms with van der Waals surface area (Å²) in [6, 6.07) is 14.3. The predicted molar refractivity (Wildman–Crippen MR) is 115 cm³/mol. The maximum absolute atomic E-state index is 14.5. The Balaban J connectivity index is 1.94. The van der Waals surface area contributed by atoms with Crippen LogP contribution in [-0.4, -0.2) is 19.5 Å². The number of nitrogens with two attached hydrogens (primary N) is 2. The maximum atomic E-state index is 14.5. The summed E-state index contributed by atoms with van der Waals surface area (Å²) in [6.07, 6.45) is 0. The minimum Gasteiger partial charge on any atom is -0.382 e. The van der Waals surface area contributed by atoms with Crippen molar-refractivity contribution in [2.24, 2.45) is 0 Å². The van der Waals surface area contributed by atoms with Gasteiger partial charge in [0.2, 0.25) is 5.95 Å². The summed E-state index contributed by atoms with van der Waals surface area (Å²) in [6.45, 7) is 1.72. The van der Waals surface area contributed by atoms with Crippen LogP contribution in [0.4, 0.5) is 22.0 Å². The number of nitrogen functional groups attached to an aromatic ring is 2. The van der Waals surface area contributed by atoms with Gasteiger partial charge in [0.15, 0.2) is 5.82 Å². The van der Waals surface area contributed by atoms with Gasteiger partial charge in [0.25, 0.3) is 5.56 Å². The first-order chi connectivity index (χ1) is 14.9. The van der Waals surface area contributed by atoms with Crippen LogP contribution in [0.1, 0.15) is 24.4 Å². The molecule has 0 radical (unpaired) electrons. The summed E-state index contributed by atoms with van der Waals surface area (Å²) >= 11 is 0. The van der Waals surface area contributed by atoms with Crippen molar-refractivity contribution in [3.8, 4) is 11.8 Å². The van der Waals surface area contributed by atoms with Gasteiger partial charge in [0, 0.05) is 0 Å². The second-order valence-corrected chi connectivity index (χ2v) is 6.75. The molecule has 4 rings (SSSR count). The minimum absolute atomic E-state index is 0.0153. The fourth-order valence-corrected chi connectivity index (χ4v) is 3.30. The van der Waals surface area contributed by atoms with Crippen LogP contribution in [0.3, 0.4) is 0 Å². The number of hydrogen-bond acceptors (Lipinski definition) is 8. The minimum atomic E-state index is -0.657. The van der Waals surface area contributed by atoms with Gasteiger partial charge in [-0.25, -0.2) is 9.37 Å². The topological polar surface area (TPSA) is 149 Å². The van der Waals surface area contributed by atoms with Crippen molar-refractivity contribution in [3.05, 3.63) is 76.1 Å². The van der Waals surface area contributed by atoms with Gasteiger partial charge in [-0.1, -0.05) is 24.3 Å². The van der Waals surface area contributed by atoms with Crippen LogP contribution in [0.5, 0.6) is 0 Å². The Bertz CT molecular complexity index is 1390. The van der Waals surface area contributed by atoms with E-state index in [1.165, 1.54) is 16.7 Å². The molecule has 0 amide bonds. The largest absolute Gasteiger partial charge is 0.382 e. The third-order valence-corrected chi connectivity index (χ3v) is 4.69. The van der Waals surface area contributed by atoms with E-state index in [4.69, 9.17) is 11.5 Å². The van der Waals surface area contributed by atoms with E-state index in [9.17, 15) is 14.4 Å². The fraction of sp³-hybridized carbons (Fsp3) is 0.0952. The lowest BCUT2D eigenvalue weighted by Gasteiger charge is -2.21. The zero-order valence-corrected chi connectivity index (χ0v) is 16.4. The molecular formula is C21H17FN8O. The van der Waals surface area contributed by atoms with E-state index in [0.717, 1.165) is 0 Å². The number of para-hydroxylation sites is 1. The number of fused-ring (bicyclic) bond motifs is 1. The Morgan fingerprint density at radius 3 is 2.55 bits per heavy atom. The van der Waals surface area contributed by atoms with Crippen molar-refractivity contribution in [2.75, 3.05) is 16.8 Å². The van der Waals surface area contributed by atoms with E-state index in [-0.39, 0.29) is 39.9 Å². The summed E-state index contributed by atoms with van der Waals surface area (Å²) in [7, 11) is 0. The van der Waals surface area contributed by atoms with Crippen LogP contribution in [0, 0.1) is 17.1 Å². The van der Waals surface area contributed by atoms with Gasteiger partial charge < -0.3 is 16.8 Å². The summed E-state index contributed by atoms with van der Waals surface area (Å²) in [5, 5.41) is 12.3. The summed E-state index contributed by atoms with van der Waals surface area (Å²) in [5.41, 5.74) is 11.6. The second-order valence-electron chi connectivity index (χ2n) is 6.75. The molecule has 0 fully saturated rings. The van der Waals surface area contributed by atoms with Crippen LogP contribution >= 0.6 is 0 Å². The number of nitriles is 1. The van der Waals surface area contributed by atoms with E-state index in [1.807, 2.05) is 6.07 Å². The van der Waals surface area contributed by atoms with E-state index < -0.39 is 17.4 Å². The van der Waals surface area contributed by atoms with Gasteiger partial charge in [-0.05, 0) is 31.2 Å². The molecule has 9 nitrogen and oxygen atoms in total. The fourth-order valence-electron chi connectivity index (χ4n) is 3.30. The van der Waals surface area contributed by atoms with Crippen molar-refractivity contribution in [2.45, 2.75) is 13.0 Å².